The molecule has 0 radical (unpaired) electrons. The van der Waals surface area contributed by atoms with Gasteiger partial charge in [0.05, 0.1) is 21.5 Å². The number of halogens is 1. The highest BCUT2D eigenvalue weighted by Gasteiger charge is 2.13. The van der Waals surface area contributed by atoms with Crippen molar-refractivity contribution in [1.82, 2.24) is 14.9 Å². The molecule has 0 fully saturated rings. The standard InChI is InChI=1S/C21H21ClN4O3/c1-26(2)21(29)14-11-10-13(12-16(14)22)23-19(27)9-5-8-18-24-17-7-4-3-6-15(17)20(28)25-18/h3-4,6-7,10-12H,5,8-9H2,1-2H3,(H,23,27)(H,24,25,28). The number of rotatable bonds is 6. The molecule has 0 bridgehead atoms. The molecule has 2 amide bonds. The van der Waals surface area contributed by atoms with Crippen molar-refractivity contribution >= 4 is 40.0 Å². The number of nitrogens with one attached hydrogen (secondary N) is 2. The van der Waals surface area contributed by atoms with Crippen LogP contribution in [0.1, 0.15) is 29.0 Å². The van der Waals surface area contributed by atoms with Gasteiger partial charge in [-0.1, -0.05) is 23.7 Å². The summed E-state index contributed by atoms with van der Waals surface area (Å²) in [4.78, 5) is 44.9. The molecule has 0 aliphatic heterocycles. The minimum Gasteiger partial charge on any atom is -0.345 e. The van der Waals surface area contributed by atoms with Gasteiger partial charge in [-0.2, -0.15) is 0 Å². The van der Waals surface area contributed by atoms with E-state index in [9.17, 15) is 14.4 Å². The van der Waals surface area contributed by atoms with E-state index >= 15 is 0 Å². The number of benzene rings is 2. The summed E-state index contributed by atoms with van der Waals surface area (Å²) in [7, 11) is 3.29. The van der Waals surface area contributed by atoms with Gasteiger partial charge in [0, 0.05) is 32.6 Å². The number of hydrogen-bond donors (Lipinski definition) is 2. The Labute approximate surface area is 172 Å². The Morgan fingerprint density at radius 2 is 1.93 bits per heavy atom. The predicted molar refractivity (Wildman–Crippen MR) is 113 cm³/mol. The normalized spacial score (nSPS) is 10.7. The van der Waals surface area contributed by atoms with Crippen molar-refractivity contribution in [3.63, 3.8) is 0 Å². The second-order valence-corrected chi connectivity index (χ2v) is 7.23. The Balaban J connectivity index is 1.57. The average Bonchev–Trinajstić information content (AvgIpc) is 2.67. The number of hydrogen-bond acceptors (Lipinski definition) is 4. The fraction of sp³-hybridized carbons (Fsp3) is 0.238. The molecule has 0 aliphatic carbocycles. The van der Waals surface area contributed by atoms with Gasteiger partial charge in [0.2, 0.25) is 5.91 Å². The smallest absolute Gasteiger partial charge is 0.258 e. The number of H-pyrrole nitrogens is 1. The van der Waals surface area contributed by atoms with Crippen molar-refractivity contribution in [2.24, 2.45) is 0 Å². The van der Waals surface area contributed by atoms with E-state index in [0.29, 0.717) is 40.8 Å². The van der Waals surface area contributed by atoms with Crippen molar-refractivity contribution in [2.45, 2.75) is 19.3 Å². The number of aromatic amines is 1. The van der Waals surface area contributed by atoms with Gasteiger partial charge in [0.15, 0.2) is 0 Å². The van der Waals surface area contributed by atoms with Crippen molar-refractivity contribution in [1.29, 1.82) is 0 Å². The van der Waals surface area contributed by atoms with Gasteiger partial charge in [-0.05, 0) is 36.8 Å². The van der Waals surface area contributed by atoms with E-state index in [-0.39, 0.29) is 28.8 Å². The van der Waals surface area contributed by atoms with Crippen molar-refractivity contribution in [3.8, 4) is 0 Å². The van der Waals surface area contributed by atoms with Crippen molar-refractivity contribution < 1.29 is 9.59 Å². The molecule has 8 heteroatoms. The molecule has 0 unspecified atom stereocenters. The van der Waals surface area contributed by atoms with Crippen LogP contribution in [0.4, 0.5) is 5.69 Å². The fourth-order valence-corrected chi connectivity index (χ4v) is 3.16. The highest BCUT2D eigenvalue weighted by atomic mass is 35.5. The molecular formula is C21H21ClN4O3. The van der Waals surface area contributed by atoms with Gasteiger partial charge in [0.1, 0.15) is 5.82 Å². The number of fused-ring (bicyclic) bond motifs is 1. The maximum absolute atomic E-state index is 12.2. The highest BCUT2D eigenvalue weighted by Crippen LogP contribution is 2.22. The molecule has 1 aromatic heterocycles. The number of nitrogens with zero attached hydrogens (tertiary/aromatic N) is 2. The zero-order valence-electron chi connectivity index (χ0n) is 16.2. The van der Waals surface area contributed by atoms with Gasteiger partial charge in [0.25, 0.3) is 11.5 Å². The van der Waals surface area contributed by atoms with Crippen LogP contribution in [0.3, 0.4) is 0 Å². The molecule has 0 aliphatic rings. The van der Waals surface area contributed by atoms with E-state index < -0.39 is 0 Å². The van der Waals surface area contributed by atoms with E-state index in [1.807, 2.05) is 6.07 Å². The summed E-state index contributed by atoms with van der Waals surface area (Å²) in [6, 6.07) is 11.9. The lowest BCUT2D eigenvalue weighted by molar-refractivity contribution is -0.116. The summed E-state index contributed by atoms with van der Waals surface area (Å²) in [5.41, 5.74) is 1.35. The lowest BCUT2D eigenvalue weighted by atomic mass is 10.1. The van der Waals surface area contributed by atoms with Crippen LogP contribution < -0.4 is 10.9 Å². The third-order valence-electron chi connectivity index (χ3n) is 4.37. The third-order valence-corrected chi connectivity index (χ3v) is 4.68. The first-order valence-corrected chi connectivity index (χ1v) is 9.52. The molecule has 150 valence electrons. The quantitative estimate of drug-likeness (QED) is 0.649. The van der Waals surface area contributed by atoms with E-state index in [4.69, 9.17) is 11.6 Å². The first-order valence-electron chi connectivity index (χ1n) is 9.14. The van der Waals surface area contributed by atoms with Crippen LogP contribution in [0, 0.1) is 0 Å². The number of aryl methyl sites for hydroxylation is 1. The Hall–Kier alpha value is -3.19. The lowest BCUT2D eigenvalue weighted by Crippen LogP contribution is -2.22. The second kappa shape index (κ2) is 8.87. The number of anilines is 1. The molecule has 7 nitrogen and oxygen atoms in total. The third kappa shape index (κ3) is 5.00. The molecule has 0 atom stereocenters. The SMILES string of the molecule is CN(C)C(=O)c1ccc(NC(=O)CCCc2nc3ccccc3c(=O)[nH]2)cc1Cl. The van der Waals surface area contributed by atoms with E-state index in [1.165, 1.54) is 4.90 Å². The molecule has 0 spiro atoms. The zero-order valence-corrected chi connectivity index (χ0v) is 16.9. The lowest BCUT2D eigenvalue weighted by Gasteiger charge is -2.12. The maximum Gasteiger partial charge on any atom is 0.258 e. The van der Waals surface area contributed by atoms with E-state index in [1.54, 1.807) is 50.5 Å². The Bertz CT molecular complexity index is 1120. The first kappa shape index (κ1) is 20.5. The highest BCUT2D eigenvalue weighted by molar-refractivity contribution is 6.34. The maximum atomic E-state index is 12.2. The van der Waals surface area contributed by atoms with Crippen molar-refractivity contribution in [3.05, 3.63) is 69.2 Å². The molecule has 0 saturated carbocycles. The number of carbonyl (C=O) groups is 2. The summed E-state index contributed by atoms with van der Waals surface area (Å²) in [6.07, 6.45) is 1.26. The summed E-state index contributed by atoms with van der Waals surface area (Å²) in [6.45, 7) is 0. The zero-order chi connectivity index (χ0) is 21.0. The van der Waals surface area contributed by atoms with Gasteiger partial charge in [-0.25, -0.2) is 4.98 Å². The number of para-hydroxylation sites is 1. The Morgan fingerprint density at radius 1 is 1.17 bits per heavy atom. The minimum atomic E-state index is -0.204. The molecule has 29 heavy (non-hydrogen) atoms. The number of carbonyl (C=O) groups excluding carboxylic acids is 2. The van der Waals surface area contributed by atoms with E-state index in [0.717, 1.165) is 0 Å². The topological polar surface area (TPSA) is 95.2 Å². The summed E-state index contributed by atoms with van der Waals surface area (Å²) in [5, 5.41) is 3.59. The molecule has 3 rings (SSSR count). The molecule has 2 N–H and O–H groups in total. The average molecular weight is 413 g/mol. The van der Waals surface area contributed by atoms with Crippen LogP contribution in [0.5, 0.6) is 0 Å². The van der Waals surface area contributed by atoms with Gasteiger partial charge in [-0.3, -0.25) is 14.4 Å². The molecule has 2 aromatic carbocycles. The van der Waals surface area contributed by atoms with Gasteiger partial charge < -0.3 is 15.2 Å². The summed E-state index contributed by atoms with van der Waals surface area (Å²) in [5.74, 6) is 0.164. The van der Waals surface area contributed by atoms with Gasteiger partial charge >= 0.3 is 0 Å². The van der Waals surface area contributed by atoms with Gasteiger partial charge in [-0.15, -0.1) is 0 Å². The van der Waals surface area contributed by atoms with Crippen molar-refractivity contribution in [2.75, 3.05) is 19.4 Å². The largest absolute Gasteiger partial charge is 0.345 e. The van der Waals surface area contributed by atoms with Crippen LogP contribution in [-0.2, 0) is 11.2 Å². The summed E-state index contributed by atoms with van der Waals surface area (Å²) < 4.78 is 0. The second-order valence-electron chi connectivity index (χ2n) is 6.83. The van der Waals surface area contributed by atoms with Crippen LogP contribution >= 0.6 is 11.6 Å². The minimum absolute atomic E-state index is 0.183. The Kier molecular flexibility index (Phi) is 6.29. The predicted octanol–water partition coefficient (Wildman–Crippen LogP) is 3.24. The van der Waals surface area contributed by atoms with Crippen LogP contribution in [0.15, 0.2) is 47.3 Å². The molecule has 3 aromatic rings. The first-order chi connectivity index (χ1) is 13.8. The van der Waals surface area contributed by atoms with Crippen LogP contribution in [0.25, 0.3) is 10.9 Å². The number of aromatic nitrogens is 2. The Morgan fingerprint density at radius 3 is 2.66 bits per heavy atom. The van der Waals surface area contributed by atoms with Crippen LogP contribution in [0.2, 0.25) is 5.02 Å². The number of amides is 2. The van der Waals surface area contributed by atoms with E-state index in [2.05, 4.69) is 15.3 Å². The fourth-order valence-electron chi connectivity index (χ4n) is 2.90. The molecule has 0 saturated heterocycles. The summed E-state index contributed by atoms with van der Waals surface area (Å²) >= 11 is 6.16. The van der Waals surface area contributed by atoms with Crippen LogP contribution in [-0.4, -0.2) is 40.8 Å². The molecular weight excluding hydrogens is 392 g/mol. The monoisotopic (exact) mass is 412 g/mol. The molecule has 1 heterocycles.